The molecule has 0 saturated heterocycles. The topological polar surface area (TPSA) is 29.5 Å². The van der Waals surface area contributed by atoms with Gasteiger partial charge in [-0.1, -0.05) is 0 Å². The largest absolute Gasteiger partial charge is 0.363 e. The van der Waals surface area contributed by atoms with Gasteiger partial charge in [-0.3, -0.25) is 0 Å². The number of rotatable bonds is 1. The average molecular weight is 94.1 g/mol. The second kappa shape index (κ2) is 1.53. The third-order valence-electron chi connectivity index (χ3n) is 0.189. The Morgan fingerprint density at radius 2 is 1.83 bits per heavy atom. The van der Waals surface area contributed by atoms with E-state index in [0.717, 1.165) is 0 Å². The summed E-state index contributed by atoms with van der Waals surface area (Å²) in [5, 5.41) is 8.23. The van der Waals surface area contributed by atoms with Crippen LogP contribution in [0, 0.1) is 0 Å². The summed E-state index contributed by atoms with van der Waals surface area (Å²) in [6.07, 6.45) is 0. The van der Waals surface area contributed by atoms with E-state index in [1.807, 2.05) is 0 Å². The fourth-order valence-electron chi connectivity index (χ4n) is 0. The first kappa shape index (κ1) is 5.85. The maximum atomic E-state index is 10.8. The van der Waals surface area contributed by atoms with Crippen LogP contribution < -0.4 is 0 Å². The molecule has 0 aromatic heterocycles. The normalized spacial score (nSPS) is 12.0. The Morgan fingerprint density at radius 1 is 1.67 bits per heavy atom. The minimum atomic E-state index is -1.62. The third-order valence-corrected chi connectivity index (χ3v) is 0.189. The predicted octanol–water partition coefficient (Wildman–Crippen LogP) is 0.616. The van der Waals surface area contributed by atoms with Crippen molar-refractivity contribution in [1.29, 1.82) is 0 Å². The highest BCUT2D eigenvalue weighted by molar-refractivity contribution is 4.40. The monoisotopic (exact) mass is 94.0 g/mol. The molecule has 0 aromatic rings. The molecule has 0 aliphatic heterocycles. The van der Waals surface area contributed by atoms with Gasteiger partial charge in [-0.05, 0) is 18.4 Å². The summed E-state index contributed by atoms with van der Waals surface area (Å²) in [7, 11) is 0. The first-order valence-corrected chi connectivity index (χ1v) is 1.58. The van der Waals surface area contributed by atoms with Crippen LogP contribution in [0.4, 0.5) is 4.53 Å². The average Bonchev–Trinajstić information content (AvgIpc) is 1.35. The third kappa shape index (κ3) is 3.85. The summed E-state index contributed by atoms with van der Waals surface area (Å²) in [6.45, 7) is 2.40. The van der Waals surface area contributed by atoms with E-state index in [1.165, 1.54) is 13.8 Å². The Morgan fingerprint density at radius 3 is 1.83 bits per heavy atom. The lowest BCUT2D eigenvalue weighted by Crippen LogP contribution is -2.18. The van der Waals surface area contributed by atoms with E-state index in [0.29, 0.717) is 0 Å². The van der Waals surface area contributed by atoms with Crippen molar-refractivity contribution in [3.05, 3.63) is 0 Å². The van der Waals surface area contributed by atoms with E-state index in [2.05, 4.69) is 4.94 Å². The summed E-state index contributed by atoms with van der Waals surface area (Å²) < 4.78 is 10.8. The van der Waals surface area contributed by atoms with Crippen LogP contribution in [0.15, 0.2) is 0 Å². The molecule has 2 nitrogen and oxygen atoms in total. The summed E-state index contributed by atoms with van der Waals surface area (Å²) >= 11 is 0. The van der Waals surface area contributed by atoms with Gasteiger partial charge in [0.1, 0.15) is 0 Å². The smallest absolute Gasteiger partial charge is 0.198 e. The summed E-state index contributed by atoms with van der Waals surface area (Å²) in [6, 6.07) is 0. The van der Waals surface area contributed by atoms with Crippen LogP contribution in [0.5, 0.6) is 0 Å². The molecule has 38 valence electrons. The molecule has 0 fully saturated rings. The van der Waals surface area contributed by atoms with Crippen LogP contribution >= 0.6 is 0 Å². The van der Waals surface area contributed by atoms with Gasteiger partial charge in [0.15, 0.2) is 5.79 Å². The first-order valence-electron chi connectivity index (χ1n) is 1.58. The van der Waals surface area contributed by atoms with Gasteiger partial charge in [0, 0.05) is 0 Å². The number of hydrogen-bond donors (Lipinski definition) is 1. The molecule has 0 aromatic carbocycles. The molecule has 0 unspecified atom stereocenters. The van der Waals surface area contributed by atoms with Crippen molar-refractivity contribution in [2.75, 3.05) is 0 Å². The Hall–Kier alpha value is -0.150. The highest BCUT2D eigenvalue weighted by Crippen LogP contribution is 2.00. The Balaban J connectivity index is 3.17. The highest BCUT2D eigenvalue weighted by atomic mass is 19.3. The number of aliphatic hydroxyl groups is 1. The van der Waals surface area contributed by atoms with Crippen LogP contribution in [0.3, 0.4) is 0 Å². The molecule has 3 heteroatoms. The van der Waals surface area contributed by atoms with Gasteiger partial charge in [-0.25, -0.2) is 0 Å². The van der Waals surface area contributed by atoms with Gasteiger partial charge in [0.25, 0.3) is 0 Å². The molecule has 0 aliphatic carbocycles. The second-order valence-electron chi connectivity index (χ2n) is 1.52. The number of hydrogen-bond acceptors (Lipinski definition) is 2. The van der Waals surface area contributed by atoms with Gasteiger partial charge in [0.2, 0.25) is 0 Å². The van der Waals surface area contributed by atoms with Gasteiger partial charge < -0.3 is 5.11 Å². The summed E-state index contributed by atoms with van der Waals surface area (Å²) in [4.78, 5) is 2.99. The Bertz CT molecular complexity index is 38.5. The SMILES string of the molecule is CC(C)(O)OF. The molecule has 0 atom stereocenters. The zero-order valence-corrected chi connectivity index (χ0v) is 3.73. The fourth-order valence-corrected chi connectivity index (χ4v) is 0. The van der Waals surface area contributed by atoms with Crippen molar-refractivity contribution in [3.63, 3.8) is 0 Å². The molecular formula is C3H7FO2. The predicted molar refractivity (Wildman–Crippen MR) is 18.5 cm³/mol. The molecule has 0 rings (SSSR count). The van der Waals surface area contributed by atoms with Crippen LogP contribution in [0.1, 0.15) is 13.8 Å². The molecule has 0 bridgehead atoms. The summed E-state index contributed by atoms with van der Waals surface area (Å²) in [5.74, 6) is -1.62. The second-order valence-corrected chi connectivity index (χ2v) is 1.52. The van der Waals surface area contributed by atoms with Crippen LogP contribution in [-0.2, 0) is 4.94 Å². The molecule has 6 heavy (non-hydrogen) atoms. The Kier molecular flexibility index (Phi) is 1.49. The molecule has 0 saturated carbocycles. The van der Waals surface area contributed by atoms with Crippen molar-refractivity contribution in [2.24, 2.45) is 0 Å². The molecule has 0 spiro atoms. The molecular weight excluding hydrogens is 87.0 g/mol. The first-order chi connectivity index (χ1) is 2.56. The summed E-state index contributed by atoms with van der Waals surface area (Å²) in [5.41, 5.74) is 0. The van der Waals surface area contributed by atoms with Gasteiger partial charge >= 0.3 is 0 Å². The van der Waals surface area contributed by atoms with Gasteiger partial charge in [0.05, 0.1) is 0 Å². The van der Waals surface area contributed by atoms with Crippen LogP contribution in [0.25, 0.3) is 0 Å². The lowest BCUT2D eigenvalue weighted by atomic mass is 10.4. The zero-order valence-electron chi connectivity index (χ0n) is 3.73. The van der Waals surface area contributed by atoms with E-state index in [-0.39, 0.29) is 0 Å². The maximum absolute atomic E-state index is 10.8. The maximum Gasteiger partial charge on any atom is 0.198 e. The van der Waals surface area contributed by atoms with E-state index < -0.39 is 5.79 Å². The number of halogens is 1. The quantitative estimate of drug-likeness (QED) is 0.482. The highest BCUT2D eigenvalue weighted by Gasteiger charge is 2.11. The lowest BCUT2D eigenvalue weighted by Gasteiger charge is -2.07. The van der Waals surface area contributed by atoms with Gasteiger partial charge in [-0.15, -0.1) is 0 Å². The minimum absolute atomic E-state index is 1.20. The zero-order chi connectivity index (χ0) is 5.21. The molecule has 1 N–H and O–H groups in total. The van der Waals surface area contributed by atoms with Crippen molar-refractivity contribution in [2.45, 2.75) is 19.6 Å². The van der Waals surface area contributed by atoms with Crippen molar-refractivity contribution >= 4 is 0 Å². The van der Waals surface area contributed by atoms with Gasteiger partial charge in [-0.2, -0.15) is 4.94 Å². The molecule has 0 heterocycles. The van der Waals surface area contributed by atoms with E-state index in [4.69, 9.17) is 5.11 Å². The van der Waals surface area contributed by atoms with E-state index in [9.17, 15) is 4.53 Å². The van der Waals surface area contributed by atoms with Crippen molar-refractivity contribution in [3.8, 4) is 0 Å². The Labute approximate surface area is 35.4 Å². The van der Waals surface area contributed by atoms with Crippen molar-refractivity contribution in [1.82, 2.24) is 0 Å². The molecule has 0 radical (unpaired) electrons. The standard InChI is InChI=1S/C3H7FO2/c1-3(2,5)6-4/h5H,1-2H3. The molecule has 0 amide bonds. The van der Waals surface area contributed by atoms with Crippen LogP contribution in [0.2, 0.25) is 0 Å². The van der Waals surface area contributed by atoms with Crippen molar-refractivity contribution < 1.29 is 14.6 Å². The van der Waals surface area contributed by atoms with E-state index >= 15 is 0 Å². The van der Waals surface area contributed by atoms with E-state index in [1.54, 1.807) is 0 Å². The molecule has 0 aliphatic rings. The minimum Gasteiger partial charge on any atom is -0.363 e. The fraction of sp³-hybridized carbons (Fsp3) is 1.00. The van der Waals surface area contributed by atoms with Crippen LogP contribution in [-0.4, -0.2) is 10.9 Å². The lowest BCUT2D eigenvalue weighted by molar-refractivity contribution is -0.309.